The normalized spacial score (nSPS) is 14.6. The van der Waals surface area contributed by atoms with Crippen molar-refractivity contribution in [2.45, 2.75) is 39.3 Å². The lowest BCUT2D eigenvalue weighted by Gasteiger charge is -2.47. The van der Waals surface area contributed by atoms with Crippen LogP contribution in [0.15, 0.2) is 0 Å². The summed E-state index contributed by atoms with van der Waals surface area (Å²) in [6, 6.07) is 0. The number of rotatable bonds is 4. The van der Waals surface area contributed by atoms with Crippen molar-refractivity contribution < 1.29 is 0 Å². The fourth-order valence-electron chi connectivity index (χ4n) is 0.892. The maximum Gasteiger partial charge on any atom is 0.138 e. The average Bonchev–Trinajstić information content (AvgIpc) is 2.02. The van der Waals surface area contributed by atoms with Crippen LogP contribution in [-0.4, -0.2) is 16.6 Å². The predicted molar refractivity (Wildman–Crippen MR) is 57.9 cm³/mol. The lowest BCUT2D eigenvalue weighted by Crippen LogP contribution is -2.81. The highest BCUT2D eigenvalue weighted by Crippen LogP contribution is 2.18. The first-order chi connectivity index (χ1) is 6.04. The van der Waals surface area contributed by atoms with Gasteiger partial charge in [0, 0.05) is 0 Å². The molecule has 0 aliphatic carbocycles. The largest absolute Gasteiger partial charge is 0.300 e. The second-order valence-corrected chi connectivity index (χ2v) is 4.45. The molecule has 6 heteroatoms. The van der Waals surface area contributed by atoms with E-state index in [9.17, 15) is 0 Å². The van der Waals surface area contributed by atoms with Gasteiger partial charge in [0.2, 0.25) is 0 Å². The van der Waals surface area contributed by atoms with Crippen molar-refractivity contribution in [1.29, 1.82) is 0 Å². The monoisotopic (exact) mass is 204 g/mol. The summed E-state index contributed by atoms with van der Waals surface area (Å²) in [5.41, 5.74) is 23.4. The topological polar surface area (TPSA) is 133 Å². The van der Waals surface area contributed by atoms with E-state index < -0.39 is 11.6 Å². The quantitative estimate of drug-likeness (QED) is 0.218. The molecular weight excluding hydrogens is 180 g/mol. The standard InChI is InChI=1S/C8H24N6/c1-5(2)7(9,10)14(13)8(11,12)6(3)4/h5-6H,9-13H2,1-4H3. The zero-order valence-corrected chi connectivity index (χ0v) is 9.49. The van der Waals surface area contributed by atoms with Crippen LogP contribution in [0.25, 0.3) is 0 Å². The number of hydrogen-bond donors (Lipinski definition) is 5. The number of hydrazine groups is 1. The Labute approximate surface area is 85.7 Å². The van der Waals surface area contributed by atoms with Crippen LogP contribution < -0.4 is 28.8 Å². The third-order valence-corrected chi connectivity index (χ3v) is 2.68. The molecule has 0 heterocycles. The zero-order valence-electron chi connectivity index (χ0n) is 9.49. The molecule has 10 N–H and O–H groups in total. The highest BCUT2D eigenvalue weighted by Gasteiger charge is 2.41. The van der Waals surface area contributed by atoms with Gasteiger partial charge < -0.3 is 0 Å². The molecule has 0 aliphatic heterocycles. The van der Waals surface area contributed by atoms with Crippen LogP contribution in [0.1, 0.15) is 27.7 Å². The Morgan fingerprint density at radius 2 is 1.00 bits per heavy atom. The van der Waals surface area contributed by atoms with E-state index >= 15 is 0 Å². The first-order valence-corrected chi connectivity index (χ1v) is 4.75. The van der Waals surface area contributed by atoms with Crippen LogP contribution in [0, 0.1) is 11.8 Å². The van der Waals surface area contributed by atoms with E-state index in [2.05, 4.69) is 0 Å². The molecule has 86 valence electrons. The van der Waals surface area contributed by atoms with Crippen molar-refractivity contribution in [1.82, 2.24) is 5.01 Å². The van der Waals surface area contributed by atoms with Gasteiger partial charge >= 0.3 is 0 Å². The first kappa shape index (κ1) is 13.8. The summed E-state index contributed by atoms with van der Waals surface area (Å²) in [7, 11) is 0. The van der Waals surface area contributed by atoms with E-state index in [-0.39, 0.29) is 11.8 Å². The molecule has 0 spiro atoms. The minimum atomic E-state index is -1.21. The third kappa shape index (κ3) is 2.41. The number of hydrogen-bond acceptors (Lipinski definition) is 6. The van der Waals surface area contributed by atoms with Crippen LogP contribution in [0.5, 0.6) is 0 Å². The van der Waals surface area contributed by atoms with Gasteiger partial charge in [-0.15, -0.1) is 0 Å². The molecule has 0 aliphatic rings. The van der Waals surface area contributed by atoms with Crippen molar-refractivity contribution in [3.05, 3.63) is 0 Å². The minimum Gasteiger partial charge on any atom is -0.300 e. The van der Waals surface area contributed by atoms with Gasteiger partial charge in [-0.05, 0) is 11.8 Å². The van der Waals surface area contributed by atoms with Crippen LogP contribution in [0.3, 0.4) is 0 Å². The predicted octanol–water partition coefficient (Wildman–Crippen LogP) is -1.38. The van der Waals surface area contributed by atoms with E-state index in [1.807, 2.05) is 27.7 Å². The van der Waals surface area contributed by atoms with Crippen molar-refractivity contribution in [3.63, 3.8) is 0 Å². The summed E-state index contributed by atoms with van der Waals surface area (Å²) in [6.45, 7) is 7.43. The molecule has 0 atom stereocenters. The van der Waals surface area contributed by atoms with Gasteiger partial charge in [0.15, 0.2) is 0 Å². The summed E-state index contributed by atoms with van der Waals surface area (Å²) in [4.78, 5) is 0. The highest BCUT2D eigenvalue weighted by molar-refractivity contribution is 4.88. The van der Waals surface area contributed by atoms with Crippen molar-refractivity contribution in [3.8, 4) is 0 Å². The Morgan fingerprint density at radius 3 is 1.14 bits per heavy atom. The van der Waals surface area contributed by atoms with E-state index in [4.69, 9.17) is 28.8 Å². The molecule has 0 rings (SSSR count). The van der Waals surface area contributed by atoms with Gasteiger partial charge in [0.25, 0.3) is 0 Å². The Hall–Kier alpha value is -0.240. The van der Waals surface area contributed by atoms with Gasteiger partial charge in [-0.3, -0.25) is 28.8 Å². The SMILES string of the molecule is CC(C)C(N)(N)N(N)C(N)(N)C(C)C. The van der Waals surface area contributed by atoms with E-state index in [1.165, 1.54) is 0 Å². The number of nitrogens with zero attached hydrogens (tertiary/aromatic N) is 1. The lowest BCUT2D eigenvalue weighted by atomic mass is 10.00. The van der Waals surface area contributed by atoms with Crippen molar-refractivity contribution in [2.24, 2.45) is 40.6 Å². The molecular formula is C8H24N6. The van der Waals surface area contributed by atoms with Gasteiger partial charge in [0.05, 0.1) is 0 Å². The van der Waals surface area contributed by atoms with Gasteiger partial charge in [-0.1, -0.05) is 27.7 Å². The van der Waals surface area contributed by atoms with Gasteiger partial charge in [0.1, 0.15) is 11.6 Å². The molecule has 0 aromatic heterocycles. The maximum absolute atomic E-state index is 5.85. The molecule has 0 amide bonds. The van der Waals surface area contributed by atoms with E-state index in [0.717, 1.165) is 5.01 Å². The molecule has 6 nitrogen and oxygen atoms in total. The van der Waals surface area contributed by atoms with Crippen LogP contribution in [0.4, 0.5) is 0 Å². The molecule has 0 fully saturated rings. The fourth-order valence-corrected chi connectivity index (χ4v) is 0.892. The molecule has 0 bridgehead atoms. The average molecular weight is 204 g/mol. The number of nitrogens with two attached hydrogens (primary N) is 5. The molecule has 0 aromatic carbocycles. The minimum absolute atomic E-state index is 0.0577. The van der Waals surface area contributed by atoms with E-state index in [0.29, 0.717) is 0 Å². The van der Waals surface area contributed by atoms with E-state index in [1.54, 1.807) is 0 Å². The molecule has 0 radical (unpaired) electrons. The van der Waals surface area contributed by atoms with Crippen LogP contribution in [-0.2, 0) is 0 Å². The van der Waals surface area contributed by atoms with Gasteiger partial charge in [-0.2, -0.15) is 5.01 Å². The Balaban J connectivity index is 4.85. The molecule has 0 unspecified atom stereocenters. The van der Waals surface area contributed by atoms with Crippen molar-refractivity contribution in [2.75, 3.05) is 0 Å². The second-order valence-electron chi connectivity index (χ2n) is 4.45. The highest BCUT2D eigenvalue weighted by atomic mass is 15.6. The smallest absolute Gasteiger partial charge is 0.138 e. The second kappa shape index (κ2) is 4.09. The maximum atomic E-state index is 5.85. The molecule has 0 aromatic rings. The molecule has 14 heavy (non-hydrogen) atoms. The third-order valence-electron chi connectivity index (χ3n) is 2.68. The summed E-state index contributed by atoms with van der Waals surface area (Å²) in [5.74, 6) is 3.22. The Morgan fingerprint density at radius 1 is 0.786 bits per heavy atom. The summed E-state index contributed by atoms with van der Waals surface area (Å²) < 4.78 is 0. The fraction of sp³-hybridized carbons (Fsp3) is 1.00. The van der Waals surface area contributed by atoms with Gasteiger partial charge in [-0.25, -0.2) is 0 Å². The molecule has 0 saturated carbocycles. The zero-order chi connectivity index (χ0) is 11.7. The van der Waals surface area contributed by atoms with Crippen molar-refractivity contribution >= 4 is 0 Å². The first-order valence-electron chi connectivity index (χ1n) is 4.75. The summed E-state index contributed by atoms with van der Waals surface area (Å²) >= 11 is 0. The Bertz CT molecular complexity index is 166. The van der Waals surface area contributed by atoms with Crippen LogP contribution >= 0.6 is 0 Å². The summed E-state index contributed by atoms with van der Waals surface area (Å²) in [6.07, 6.45) is 0. The Kier molecular flexibility index (Phi) is 4.02. The lowest BCUT2D eigenvalue weighted by molar-refractivity contribution is -0.0641. The molecule has 0 saturated heterocycles. The summed E-state index contributed by atoms with van der Waals surface area (Å²) in [5, 5.41) is 1.13. The van der Waals surface area contributed by atoms with Crippen LogP contribution in [0.2, 0.25) is 0 Å².